The molecule has 21 heavy (non-hydrogen) atoms. The quantitative estimate of drug-likeness (QED) is 0.858. The van der Waals surface area contributed by atoms with Crippen LogP contribution in [0.25, 0.3) is 0 Å². The highest BCUT2D eigenvalue weighted by Gasteiger charge is 2.21. The fourth-order valence-corrected chi connectivity index (χ4v) is 2.10. The maximum atomic E-state index is 11.8. The molecule has 0 bridgehead atoms. The zero-order valence-electron chi connectivity index (χ0n) is 11.4. The van der Waals surface area contributed by atoms with Gasteiger partial charge in [-0.2, -0.15) is 0 Å². The summed E-state index contributed by atoms with van der Waals surface area (Å²) in [5.41, 5.74) is 0.858. The zero-order valence-corrected chi connectivity index (χ0v) is 12.9. The van der Waals surface area contributed by atoms with Crippen molar-refractivity contribution in [2.24, 2.45) is 7.05 Å². The van der Waals surface area contributed by atoms with Gasteiger partial charge >= 0.3 is 6.09 Å². The minimum Gasteiger partial charge on any atom is -0.448 e. The lowest BCUT2D eigenvalue weighted by Crippen LogP contribution is -2.32. The van der Waals surface area contributed by atoms with Crippen molar-refractivity contribution in [1.29, 1.82) is 0 Å². The maximum Gasteiger partial charge on any atom is 0.408 e. The van der Waals surface area contributed by atoms with Crippen molar-refractivity contribution in [3.05, 3.63) is 53.1 Å². The highest BCUT2D eigenvalue weighted by Crippen LogP contribution is 2.22. The van der Waals surface area contributed by atoms with Crippen LogP contribution in [0.5, 0.6) is 0 Å². The number of benzene rings is 1. The van der Waals surface area contributed by atoms with Crippen molar-refractivity contribution in [1.82, 2.24) is 14.9 Å². The molecule has 0 fully saturated rings. The molecule has 1 aromatic carbocycles. The second-order valence-corrected chi connectivity index (χ2v) is 5.16. The summed E-state index contributed by atoms with van der Waals surface area (Å²) >= 11 is 11.4. The minimum atomic E-state index is -0.543. The van der Waals surface area contributed by atoms with Gasteiger partial charge < -0.3 is 14.6 Å². The van der Waals surface area contributed by atoms with Crippen molar-refractivity contribution < 1.29 is 9.53 Å². The first-order valence-corrected chi connectivity index (χ1v) is 7.25. The zero-order chi connectivity index (χ0) is 15.2. The topological polar surface area (TPSA) is 56.2 Å². The molecule has 0 aliphatic carbocycles. The molecule has 0 saturated heterocycles. The Labute approximate surface area is 132 Å². The number of ether oxygens (including phenoxy) is 1. The summed E-state index contributed by atoms with van der Waals surface area (Å²) in [6, 6.07) is 6.77. The molecular weight excluding hydrogens is 313 g/mol. The van der Waals surface area contributed by atoms with Crippen LogP contribution in [0.1, 0.15) is 17.4 Å². The number of aromatic nitrogens is 2. The van der Waals surface area contributed by atoms with E-state index < -0.39 is 12.1 Å². The number of carbonyl (C=O) groups excluding carboxylic acids is 1. The van der Waals surface area contributed by atoms with Gasteiger partial charge in [0.15, 0.2) is 0 Å². The van der Waals surface area contributed by atoms with Gasteiger partial charge in [-0.25, -0.2) is 9.78 Å². The molecule has 1 heterocycles. The van der Waals surface area contributed by atoms with E-state index in [9.17, 15) is 4.79 Å². The molecule has 1 unspecified atom stereocenters. The summed E-state index contributed by atoms with van der Waals surface area (Å²) in [6.07, 6.45) is 2.94. The third-order valence-corrected chi connectivity index (χ3v) is 3.30. The number of halogens is 2. The van der Waals surface area contributed by atoms with Crippen LogP contribution in [-0.2, 0) is 11.8 Å². The molecule has 0 saturated carbocycles. The number of carbonyl (C=O) groups is 1. The summed E-state index contributed by atoms with van der Waals surface area (Å²) in [5, 5.41) is 3.41. The Morgan fingerprint density at radius 3 is 2.71 bits per heavy atom. The number of nitrogens with zero attached hydrogens (tertiary/aromatic N) is 2. The number of imidazole rings is 1. The van der Waals surface area contributed by atoms with Crippen LogP contribution in [0.2, 0.25) is 5.02 Å². The van der Waals surface area contributed by atoms with Crippen LogP contribution in [0.3, 0.4) is 0 Å². The standard InChI is InChI=1S/C14H15Cl2N3O2/c1-19-8-7-17-13(19)12(18-14(20)21-9-6-15)10-2-4-11(16)5-3-10/h2-5,7-8,12H,6,9H2,1H3,(H,18,20). The average molecular weight is 328 g/mol. The summed E-state index contributed by atoms with van der Waals surface area (Å²) in [5.74, 6) is 0.946. The first-order valence-electron chi connectivity index (χ1n) is 6.33. The second kappa shape index (κ2) is 7.33. The minimum absolute atomic E-state index is 0.154. The van der Waals surface area contributed by atoms with Crippen LogP contribution in [-0.4, -0.2) is 28.1 Å². The molecule has 1 aromatic heterocycles. The Bertz CT molecular complexity index is 599. The second-order valence-electron chi connectivity index (χ2n) is 4.35. The Hall–Kier alpha value is -1.72. The number of amides is 1. The van der Waals surface area contributed by atoms with Crippen molar-refractivity contribution >= 4 is 29.3 Å². The number of alkyl halides is 1. The Balaban J connectivity index is 2.25. The fourth-order valence-electron chi connectivity index (χ4n) is 1.90. The molecule has 0 spiro atoms. The lowest BCUT2D eigenvalue weighted by Gasteiger charge is -2.19. The number of nitrogens with one attached hydrogen (secondary N) is 1. The van der Waals surface area contributed by atoms with E-state index in [1.807, 2.05) is 29.9 Å². The van der Waals surface area contributed by atoms with E-state index in [4.69, 9.17) is 27.9 Å². The molecule has 0 aliphatic rings. The van der Waals surface area contributed by atoms with Crippen LogP contribution in [0.4, 0.5) is 4.79 Å². The van der Waals surface area contributed by atoms with E-state index >= 15 is 0 Å². The lowest BCUT2D eigenvalue weighted by molar-refractivity contribution is 0.150. The molecule has 1 N–H and O–H groups in total. The average Bonchev–Trinajstić information content (AvgIpc) is 2.89. The Morgan fingerprint density at radius 2 is 2.14 bits per heavy atom. The van der Waals surface area contributed by atoms with Crippen LogP contribution >= 0.6 is 23.2 Å². The van der Waals surface area contributed by atoms with Gasteiger partial charge in [0.25, 0.3) is 0 Å². The highest BCUT2D eigenvalue weighted by molar-refractivity contribution is 6.30. The summed E-state index contributed by atoms with van der Waals surface area (Å²) in [4.78, 5) is 16.1. The largest absolute Gasteiger partial charge is 0.448 e. The smallest absolute Gasteiger partial charge is 0.408 e. The number of hydrogen-bond acceptors (Lipinski definition) is 3. The van der Waals surface area contributed by atoms with E-state index in [1.54, 1.807) is 18.3 Å². The first kappa shape index (κ1) is 15.7. The molecule has 0 aliphatic heterocycles. The van der Waals surface area contributed by atoms with Crippen molar-refractivity contribution in [3.8, 4) is 0 Å². The van der Waals surface area contributed by atoms with Crippen molar-refractivity contribution in [2.45, 2.75) is 6.04 Å². The van der Waals surface area contributed by atoms with Gasteiger partial charge in [0.05, 0.1) is 5.88 Å². The van der Waals surface area contributed by atoms with Gasteiger partial charge in [0.1, 0.15) is 18.5 Å². The van der Waals surface area contributed by atoms with Crippen molar-refractivity contribution in [3.63, 3.8) is 0 Å². The fraction of sp³-hybridized carbons (Fsp3) is 0.286. The molecular formula is C14H15Cl2N3O2. The van der Waals surface area contributed by atoms with E-state index in [2.05, 4.69) is 10.3 Å². The first-order chi connectivity index (χ1) is 10.1. The number of aryl methyl sites for hydroxylation is 1. The lowest BCUT2D eigenvalue weighted by atomic mass is 10.1. The molecule has 1 amide bonds. The van der Waals surface area contributed by atoms with E-state index in [-0.39, 0.29) is 12.5 Å². The summed E-state index contributed by atoms with van der Waals surface area (Å²) < 4.78 is 6.79. The van der Waals surface area contributed by atoms with Gasteiger partial charge in [-0.15, -0.1) is 11.6 Å². The summed E-state index contributed by atoms with van der Waals surface area (Å²) in [7, 11) is 1.86. The molecule has 5 nitrogen and oxygen atoms in total. The predicted octanol–water partition coefficient (Wildman–Crippen LogP) is 3.13. The van der Waals surface area contributed by atoms with Gasteiger partial charge in [-0.3, -0.25) is 0 Å². The third-order valence-electron chi connectivity index (χ3n) is 2.89. The van der Waals surface area contributed by atoms with E-state index in [1.165, 1.54) is 0 Å². The van der Waals surface area contributed by atoms with Crippen LogP contribution in [0, 0.1) is 0 Å². The molecule has 1 atom stereocenters. The Morgan fingerprint density at radius 1 is 1.43 bits per heavy atom. The number of alkyl carbamates (subject to hydrolysis) is 1. The van der Waals surface area contributed by atoms with Crippen LogP contribution < -0.4 is 5.32 Å². The van der Waals surface area contributed by atoms with E-state index in [0.717, 1.165) is 5.56 Å². The molecule has 7 heteroatoms. The maximum absolute atomic E-state index is 11.8. The molecule has 0 radical (unpaired) electrons. The third kappa shape index (κ3) is 4.12. The van der Waals surface area contributed by atoms with Gasteiger partial charge in [-0.1, -0.05) is 23.7 Å². The molecule has 2 rings (SSSR count). The van der Waals surface area contributed by atoms with Crippen molar-refractivity contribution in [2.75, 3.05) is 12.5 Å². The number of hydrogen-bond donors (Lipinski definition) is 1. The Kier molecular flexibility index (Phi) is 5.47. The highest BCUT2D eigenvalue weighted by atomic mass is 35.5. The van der Waals surface area contributed by atoms with Gasteiger partial charge in [0.2, 0.25) is 0 Å². The monoisotopic (exact) mass is 327 g/mol. The van der Waals surface area contributed by atoms with Gasteiger partial charge in [0, 0.05) is 24.5 Å². The van der Waals surface area contributed by atoms with E-state index in [0.29, 0.717) is 10.8 Å². The van der Waals surface area contributed by atoms with Crippen LogP contribution in [0.15, 0.2) is 36.7 Å². The normalized spacial score (nSPS) is 12.0. The van der Waals surface area contributed by atoms with Gasteiger partial charge in [-0.05, 0) is 17.7 Å². The molecule has 112 valence electrons. The number of rotatable bonds is 5. The predicted molar refractivity (Wildman–Crippen MR) is 81.7 cm³/mol. The molecule has 2 aromatic rings. The summed E-state index contributed by atoms with van der Waals surface area (Å²) in [6.45, 7) is 0.154. The SMILES string of the molecule is Cn1ccnc1C(NC(=O)OCCCl)c1ccc(Cl)cc1.